The van der Waals surface area contributed by atoms with Crippen LogP contribution in [0, 0.1) is 0 Å². The van der Waals surface area contributed by atoms with Gasteiger partial charge in [0.25, 0.3) is 9.76 Å². The maximum atomic E-state index is 10.9. The topological polar surface area (TPSA) is 35.5 Å². The average molecular weight is 180 g/mol. The summed E-state index contributed by atoms with van der Waals surface area (Å²) < 4.78 is 20.9. The predicted molar refractivity (Wildman–Crippen MR) is 42.8 cm³/mol. The predicted octanol–water partition coefficient (Wildman–Crippen LogP) is 1.15. The molecule has 0 aliphatic heterocycles. The second kappa shape index (κ2) is 5.08. The first-order chi connectivity index (χ1) is 4.56. The third kappa shape index (κ3) is 8.37. The Kier molecular flexibility index (Phi) is 5.26. The van der Waals surface area contributed by atoms with Crippen molar-refractivity contribution in [2.45, 2.75) is 6.92 Å². The first kappa shape index (κ1) is 10.4. The molecule has 0 bridgehead atoms. The molecule has 0 aromatic rings. The molecular formula is C5H13O3PSi. The Morgan fingerprint density at radius 2 is 2.10 bits per heavy atom. The summed E-state index contributed by atoms with van der Waals surface area (Å²) in [6.45, 7) is 5.82. The van der Waals surface area contributed by atoms with Crippen molar-refractivity contribution in [2.24, 2.45) is 0 Å². The molecule has 0 aromatic heterocycles. The molecule has 0 heterocycles. The minimum absolute atomic E-state index is 0.311. The smallest absolute Gasteiger partial charge is 0.258 e. The van der Waals surface area contributed by atoms with Gasteiger partial charge in [-0.15, -0.1) is 0 Å². The first-order valence-corrected chi connectivity index (χ1v) is 6.74. The van der Waals surface area contributed by atoms with Crippen LogP contribution in [0.3, 0.4) is 0 Å². The van der Waals surface area contributed by atoms with Crippen molar-refractivity contribution < 1.29 is 13.5 Å². The van der Waals surface area contributed by atoms with Crippen LogP contribution in [0.4, 0.5) is 0 Å². The highest BCUT2D eigenvalue weighted by Gasteiger charge is 2.05. The summed E-state index contributed by atoms with van der Waals surface area (Å²) >= 11 is 0. The Morgan fingerprint density at radius 3 is 2.50 bits per heavy atom. The van der Waals surface area contributed by atoms with Crippen LogP contribution in [0.5, 0.6) is 0 Å². The molecule has 0 spiro atoms. The zero-order valence-corrected chi connectivity index (χ0v) is 8.48. The fraction of sp³-hybridized carbons (Fsp3) is 1.00. The summed E-state index contributed by atoms with van der Waals surface area (Å²) in [6, 6.07) is 0. The van der Waals surface area contributed by atoms with Crippen LogP contribution >= 0.6 is 7.37 Å². The van der Waals surface area contributed by atoms with Crippen LogP contribution in [0.15, 0.2) is 0 Å². The molecule has 60 valence electrons. The third-order valence-electron chi connectivity index (χ3n) is 0.681. The minimum Gasteiger partial charge on any atom is -0.415 e. The van der Waals surface area contributed by atoms with Gasteiger partial charge in [-0.1, -0.05) is 0 Å². The van der Waals surface area contributed by atoms with Gasteiger partial charge in [0.15, 0.2) is 7.37 Å². The van der Waals surface area contributed by atoms with E-state index in [1.165, 1.54) is 0 Å². The Balaban J connectivity index is 3.13. The van der Waals surface area contributed by atoms with E-state index in [9.17, 15) is 4.57 Å². The van der Waals surface area contributed by atoms with Crippen molar-refractivity contribution in [3.8, 4) is 0 Å². The lowest BCUT2D eigenvalue weighted by molar-refractivity contribution is 0.316. The molecule has 2 radical (unpaired) electrons. The quantitative estimate of drug-likeness (QED) is 0.362. The van der Waals surface area contributed by atoms with E-state index in [0.29, 0.717) is 22.6 Å². The lowest BCUT2D eigenvalue weighted by atomic mass is 10.9. The second-order valence-corrected chi connectivity index (χ2v) is 5.73. The molecule has 0 N–H and O–H groups in total. The molecule has 0 amide bonds. The SMILES string of the molecule is CCO[Si]COP(C)(C)=O. The van der Waals surface area contributed by atoms with Gasteiger partial charge in [0.2, 0.25) is 0 Å². The summed E-state index contributed by atoms with van der Waals surface area (Å²) in [7, 11) is -1.97. The van der Waals surface area contributed by atoms with Gasteiger partial charge in [0.05, 0.1) is 6.23 Å². The molecule has 0 atom stereocenters. The van der Waals surface area contributed by atoms with E-state index in [1.54, 1.807) is 13.3 Å². The van der Waals surface area contributed by atoms with Gasteiger partial charge in [-0.25, -0.2) is 0 Å². The van der Waals surface area contributed by atoms with Crippen molar-refractivity contribution >= 4 is 17.1 Å². The Labute approximate surface area is 64.5 Å². The maximum Gasteiger partial charge on any atom is 0.258 e. The maximum absolute atomic E-state index is 10.9. The molecule has 0 unspecified atom stereocenters. The number of rotatable bonds is 5. The zero-order valence-electron chi connectivity index (χ0n) is 6.59. The van der Waals surface area contributed by atoms with Gasteiger partial charge >= 0.3 is 0 Å². The first-order valence-electron chi connectivity index (χ1n) is 3.10. The van der Waals surface area contributed by atoms with Crippen LogP contribution in [-0.2, 0) is 13.5 Å². The molecule has 0 rings (SSSR count). The lowest BCUT2D eigenvalue weighted by Gasteiger charge is -2.05. The largest absolute Gasteiger partial charge is 0.415 e. The van der Waals surface area contributed by atoms with Crippen molar-refractivity contribution in [3.05, 3.63) is 0 Å². The van der Waals surface area contributed by atoms with Crippen LogP contribution in [0.1, 0.15) is 6.92 Å². The van der Waals surface area contributed by atoms with E-state index >= 15 is 0 Å². The summed E-state index contributed by atoms with van der Waals surface area (Å²) in [6.07, 6.45) is 0.456. The fourth-order valence-corrected chi connectivity index (χ4v) is 2.07. The fourth-order valence-electron chi connectivity index (χ4n) is 0.326. The van der Waals surface area contributed by atoms with Crippen LogP contribution in [0.25, 0.3) is 0 Å². The standard InChI is InChI=1S/C5H13O3PSi/c1-4-8-10-5-7-9(2,3)6/h4-5H2,1-3H3. The second-order valence-electron chi connectivity index (χ2n) is 2.10. The summed E-state index contributed by atoms with van der Waals surface area (Å²) in [4.78, 5) is 0. The molecule has 0 aliphatic rings. The molecule has 0 saturated heterocycles. The molecule has 10 heavy (non-hydrogen) atoms. The highest BCUT2D eigenvalue weighted by Crippen LogP contribution is 2.36. The van der Waals surface area contributed by atoms with E-state index in [0.717, 1.165) is 0 Å². The van der Waals surface area contributed by atoms with Crippen molar-refractivity contribution in [1.29, 1.82) is 0 Å². The highest BCUT2D eigenvalue weighted by molar-refractivity contribution is 7.57. The van der Waals surface area contributed by atoms with Crippen molar-refractivity contribution in [1.82, 2.24) is 0 Å². The van der Waals surface area contributed by atoms with Crippen LogP contribution < -0.4 is 0 Å². The van der Waals surface area contributed by atoms with E-state index in [4.69, 9.17) is 8.95 Å². The molecule has 5 heteroatoms. The van der Waals surface area contributed by atoms with E-state index < -0.39 is 7.37 Å². The van der Waals surface area contributed by atoms with Crippen LogP contribution in [0.2, 0.25) is 0 Å². The van der Waals surface area contributed by atoms with Gasteiger partial charge < -0.3 is 8.95 Å². The number of hydrogen-bond acceptors (Lipinski definition) is 3. The average Bonchev–Trinajstić information content (AvgIpc) is 1.78. The Morgan fingerprint density at radius 1 is 1.50 bits per heavy atom. The van der Waals surface area contributed by atoms with E-state index in [1.807, 2.05) is 6.92 Å². The molecule has 3 nitrogen and oxygen atoms in total. The minimum atomic E-state index is -2.28. The molecular weight excluding hydrogens is 167 g/mol. The lowest BCUT2D eigenvalue weighted by Crippen LogP contribution is -2.06. The van der Waals surface area contributed by atoms with Gasteiger partial charge in [-0.2, -0.15) is 0 Å². The summed E-state index contributed by atoms with van der Waals surface area (Å²) in [5, 5.41) is 0. The van der Waals surface area contributed by atoms with Crippen LogP contribution in [-0.4, -0.2) is 35.9 Å². The summed E-state index contributed by atoms with van der Waals surface area (Å²) in [5.74, 6) is 0. The van der Waals surface area contributed by atoms with Gasteiger partial charge in [0.1, 0.15) is 0 Å². The monoisotopic (exact) mass is 180 g/mol. The van der Waals surface area contributed by atoms with Gasteiger partial charge in [-0.3, -0.25) is 4.57 Å². The normalized spacial score (nSPS) is 11.9. The summed E-state index contributed by atoms with van der Waals surface area (Å²) in [5.41, 5.74) is 0. The molecule has 0 saturated carbocycles. The van der Waals surface area contributed by atoms with Gasteiger partial charge in [-0.05, 0) is 6.92 Å². The van der Waals surface area contributed by atoms with E-state index in [2.05, 4.69) is 0 Å². The molecule has 0 aliphatic carbocycles. The van der Waals surface area contributed by atoms with Crippen molar-refractivity contribution in [3.63, 3.8) is 0 Å². The van der Waals surface area contributed by atoms with Crippen molar-refractivity contribution in [2.75, 3.05) is 26.2 Å². The third-order valence-corrected chi connectivity index (χ3v) is 2.43. The molecule has 0 aromatic carbocycles. The molecule has 0 fully saturated rings. The zero-order chi connectivity index (χ0) is 8.04. The number of hydrogen-bond donors (Lipinski definition) is 0. The van der Waals surface area contributed by atoms with Gasteiger partial charge in [0, 0.05) is 19.9 Å². The van der Waals surface area contributed by atoms with E-state index in [-0.39, 0.29) is 0 Å². The Hall–Kier alpha value is 0.367. The highest BCUT2D eigenvalue weighted by atomic mass is 31.2. The Bertz CT molecular complexity index is 122.